The lowest BCUT2D eigenvalue weighted by Gasteiger charge is -2.14. The molecule has 0 aliphatic heterocycles. The molecular weight excluding hydrogens is 248 g/mol. The van der Waals surface area contributed by atoms with Crippen LogP contribution in [0.25, 0.3) is 0 Å². The summed E-state index contributed by atoms with van der Waals surface area (Å²) in [5.74, 6) is 0. The maximum Gasteiger partial charge on any atom is 0.0955 e. The third-order valence-electron chi connectivity index (χ3n) is 4.42. The van der Waals surface area contributed by atoms with Gasteiger partial charge in [-0.2, -0.15) is 5.10 Å². The van der Waals surface area contributed by atoms with Crippen LogP contribution in [0.5, 0.6) is 0 Å². The molecule has 0 unspecified atom stereocenters. The molecule has 4 nitrogen and oxygen atoms in total. The molecule has 0 atom stereocenters. The molecule has 20 heavy (non-hydrogen) atoms. The number of aromatic nitrogens is 4. The van der Waals surface area contributed by atoms with Crippen molar-refractivity contribution in [2.24, 2.45) is 0 Å². The standard InChI is InChI=1S/C16H24N4/c1-3-14(4-2)20-10-9-13(18-20)11-19-12-17-15-7-5-6-8-16(15)19/h9-10,12,14H,3-8,11H2,1-2H3. The first-order valence-corrected chi connectivity index (χ1v) is 7.88. The van der Waals surface area contributed by atoms with Gasteiger partial charge in [0.1, 0.15) is 0 Å². The average molecular weight is 272 g/mol. The number of rotatable bonds is 5. The van der Waals surface area contributed by atoms with Crippen molar-refractivity contribution in [2.75, 3.05) is 0 Å². The second kappa shape index (κ2) is 5.81. The lowest BCUT2D eigenvalue weighted by atomic mass is 10.0. The number of fused-ring (bicyclic) bond motifs is 1. The van der Waals surface area contributed by atoms with Crippen LogP contribution in [0.1, 0.15) is 62.7 Å². The SMILES string of the molecule is CCC(CC)n1ccc(Cn2cnc3c2CCCC3)n1. The molecule has 0 amide bonds. The minimum absolute atomic E-state index is 0.528. The number of aryl methyl sites for hydroxylation is 1. The molecule has 2 aromatic heterocycles. The van der Waals surface area contributed by atoms with Crippen molar-refractivity contribution in [2.45, 2.75) is 65.0 Å². The van der Waals surface area contributed by atoms with Gasteiger partial charge in [0, 0.05) is 11.9 Å². The Bertz CT molecular complexity index is 563. The Hall–Kier alpha value is -1.58. The number of imidazole rings is 1. The molecule has 0 radical (unpaired) electrons. The predicted molar refractivity (Wildman–Crippen MR) is 79.8 cm³/mol. The van der Waals surface area contributed by atoms with Crippen molar-refractivity contribution in [3.05, 3.63) is 35.7 Å². The van der Waals surface area contributed by atoms with Gasteiger partial charge in [-0.1, -0.05) is 13.8 Å². The summed E-state index contributed by atoms with van der Waals surface area (Å²) >= 11 is 0. The van der Waals surface area contributed by atoms with Crippen molar-refractivity contribution >= 4 is 0 Å². The molecule has 0 bridgehead atoms. The molecule has 2 aromatic rings. The molecule has 4 heteroatoms. The van der Waals surface area contributed by atoms with E-state index in [2.05, 4.69) is 40.3 Å². The molecule has 3 rings (SSSR count). The third-order valence-corrected chi connectivity index (χ3v) is 4.42. The van der Waals surface area contributed by atoms with Gasteiger partial charge in [-0.15, -0.1) is 0 Å². The van der Waals surface area contributed by atoms with Gasteiger partial charge in [0.05, 0.1) is 30.3 Å². The van der Waals surface area contributed by atoms with Crippen LogP contribution in [0.15, 0.2) is 18.6 Å². The second-order valence-corrected chi connectivity index (χ2v) is 5.73. The Morgan fingerprint density at radius 3 is 2.80 bits per heavy atom. The van der Waals surface area contributed by atoms with E-state index in [0.29, 0.717) is 6.04 Å². The summed E-state index contributed by atoms with van der Waals surface area (Å²) in [5.41, 5.74) is 3.87. The van der Waals surface area contributed by atoms with Crippen molar-refractivity contribution < 1.29 is 0 Å². The molecule has 1 aliphatic rings. The quantitative estimate of drug-likeness (QED) is 0.836. The first kappa shape index (κ1) is 13.4. The van der Waals surface area contributed by atoms with E-state index in [0.717, 1.165) is 31.5 Å². The summed E-state index contributed by atoms with van der Waals surface area (Å²) in [6.45, 7) is 5.30. The minimum atomic E-state index is 0.528. The molecule has 2 heterocycles. The highest BCUT2D eigenvalue weighted by Crippen LogP contribution is 2.21. The Morgan fingerprint density at radius 2 is 2.00 bits per heavy atom. The Labute approximate surface area is 120 Å². The smallest absolute Gasteiger partial charge is 0.0955 e. The van der Waals surface area contributed by atoms with Crippen LogP contribution in [-0.4, -0.2) is 19.3 Å². The predicted octanol–water partition coefficient (Wildman–Crippen LogP) is 3.37. The Morgan fingerprint density at radius 1 is 1.20 bits per heavy atom. The normalized spacial score (nSPS) is 14.8. The lowest BCUT2D eigenvalue weighted by molar-refractivity contribution is 0.424. The maximum absolute atomic E-state index is 4.74. The van der Waals surface area contributed by atoms with Gasteiger partial charge in [0.2, 0.25) is 0 Å². The fourth-order valence-electron chi connectivity index (χ4n) is 3.17. The van der Waals surface area contributed by atoms with Gasteiger partial charge < -0.3 is 4.57 Å². The highest BCUT2D eigenvalue weighted by Gasteiger charge is 2.16. The summed E-state index contributed by atoms with van der Waals surface area (Å²) in [7, 11) is 0. The van der Waals surface area contributed by atoms with E-state index in [4.69, 9.17) is 5.10 Å². The number of hydrogen-bond donors (Lipinski definition) is 0. The van der Waals surface area contributed by atoms with Gasteiger partial charge in [-0.25, -0.2) is 4.98 Å². The summed E-state index contributed by atoms with van der Waals surface area (Å²) in [6, 6.07) is 2.67. The van der Waals surface area contributed by atoms with Crippen molar-refractivity contribution in [1.29, 1.82) is 0 Å². The van der Waals surface area contributed by atoms with Gasteiger partial charge >= 0.3 is 0 Å². The summed E-state index contributed by atoms with van der Waals surface area (Å²) in [5, 5.41) is 4.74. The monoisotopic (exact) mass is 272 g/mol. The van der Waals surface area contributed by atoms with Gasteiger partial charge in [0.15, 0.2) is 0 Å². The molecular formula is C16H24N4. The Kier molecular flexibility index (Phi) is 3.90. The molecule has 108 valence electrons. The van der Waals surface area contributed by atoms with E-state index in [1.54, 1.807) is 0 Å². The molecule has 0 spiro atoms. The summed E-state index contributed by atoms with van der Waals surface area (Å²) < 4.78 is 4.41. The zero-order valence-corrected chi connectivity index (χ0v) is 12.5. The van der Waals surface area contributed by atoms with Crippen molar-refractivity contribution in [3.63, 3.8) is 0 Å². The van der Waals surface area contributed by atoms with Crippen LogP contribution >= 0.6 is 0 Å². The van der Waals surface area contributed by atoms with E-state index in [1.165, 1.54) is 30.7 Å². The number of nitrogens with zero attached hydrogens (tertiary/aromatic N) is 4. The van der Waals surface area contributed by atoms with Crippen molar-refractivity contribution in [3.8, 4) is 0 Å². The summed E-state index contributed by atoms with van der Waals surface area (Å²) in [4.78, 5) is 4.56. The highest BCUT2D eigenvalue weighted by atomic mass is 15.3. The van der Waals surface area contributed by atoms with Crippen LogP contribution in [0.4, 0.5) is 0 Å². The fourth-order valence-corrected chi connectivity index (χ4v) is 3.17. The molecule has 1 aliphatic carbocycles. The van der Waals surface area contributed by atoms with Crippen LogP contribution in [0, 0.1) is 0 Å². The first-order valence-electron chi connectivity index (χ1n) is 7.88. The number of hydrogen-bond acceptors (Lipinski definition) is 2. The third kappa shape index (κ3) is 2.51. The van der Waals surface area contributed by atoms with Gasteiger partial charge in [-0.05, 0) is 44.6 Å². The van der Waals surface area contributed by atoms with Crippen molar-refractivity contribution in [1.82, 2.24) is 19.3 Å². The molecule has 0 fully saturated rings. The molecule has 0 saturated heterocycles. The lowest BCUT2D eigenvalue weighted by Crippen LogP contribution is -2.11. The van der Waals surface area contributed by atoms with E-state index in [-0.39, 0.29) is 0 Å². The van der Waals surface area contributed by atoms with E-state index >= 15 is 0 Å². The average Bonchev–Trinajstić information content (AvgIpc) is 3.09. The molecule has 0 N–H and O–H groups in total. The second-order valence-electron chi connectivity index (χ2n) is 5.73. The van der Waals surface area contributed by atoms with Crippen LogP contribution in [0.3, 0.4) is 0 Å². The fraction of sp³-hybridized carbons (Fsp3) is 0.625. The zero-order valence-electron chi connectivity index (χ0n) is 12.5. The molecule has 0 aromatic carbocycles. The van der Waals surface area contributed by atoms with Crippen LogP contribution in [0.2, 0.25) is 0 Å². The summed E-state index contributed by atoms with van der Waals surface area (Å²) in [6.07, 6.45) is 11.3. The van der Waals surface area contributed by atoms with Crippen LogP contribution in [-0.2, 0) is 19.4 Å². The Balaban J connectivity index is 1.76. The van der Waals surface area contributed by atoms with E-state index in [1.807, 2.05) is 6.33 Å². The minimum Gasteiger partial charge on any atom is -0.328 e. The first-order chi connectivity index (χ1) is 9.81. The zero-order chi connectivity index (χ0) is 13.9. The topological polar surface area (TPSA) is 35.6 Å². The van der Waals surface area contributed by atoms with E-state index in [9.17, 15) is 0 Å². The van der Waals surface area contributed by atoms with E-state index < -0.39 is 0 Å². The molecule has 0 saturated carbocycles. The van der Waals surface area contributed by atoms with Gasteiger partial charge in [-0.3, -0.25) is 4.68 Å². The van der Waals surface area contributed by atoms with Gasteiger partial charge in [0.25, 0.3) is 0 Å². The van der Waals surface area contributed by atoms with Crippen LogP contribution < -0.4 is 0 Å². The maximum atomic E-state index is 4.74. The largest absolute Gasteiger partial charge is 0.328 e. The highest BCUT2D eigenvalue weighted by molar-refractivity contribution is 5.17.